The van der Waals surface area contributed by atoms with E-state index in [1.54, 1.807) is 22.1 Å². The third-order valence-electron chi connectivity index (χ3n) is 5.90. The summed E-state index contributed by atoms with van der Waals surface area (Å²) in [6.07, 6.45) is 0.755. The molecule has 10 heteroatoms. The fourth-order valence-electron chi connectivity index (χ4n) is 4.14. The Hall–Kier alpha value is -3.85. The maximum atomic E-state index is 13.7. The van der Waals surface area contributed by atoms with Crippen LogP contribution in [0.1, 0.15) is 32.1 Å². The molecule has 0 bridgehead atoms. The second-order valence-corrected chi connectivity index (χ2v) is 8.31. The van der Waals surface area contributed by atoms with E-state index in [0.717, 1.165) is 6.42 Å². The number of aryl methyl sites for hydroxylation is 1. The maximum Gasteiger partial charge on any atom is 0.289 e. The zero-order valence-electron chi connectivity index (χ0n) is 18.1. The van der Waals surface area contributed by atoms with E-state index >= 15 is 0 Å². The topological polar surface area (TPSA) is 109 Å². The molecule has 0 unspecified atom stereocenters. The summed E-state index contributed by atoms with van der Waals surface area (Å²) in [4.78, 5) is 38.9. The molecule has 0 amide bonds. The third kappa shape index (κ3) is 3.15. The molecule has 3 heterocycles. The van der Waals surface area contributed by atoms with Gasteiger partial charge in [-0.3, -0.25) is 24.0 Å². The average Bonchev–Trinajstić information content (AvgIpc) is 3.10. The largest absolute Gasteiger partial charge is 0.293 e. The Morgan fingerprint density at radius 3 is 2.45 bits per heavy atom. The van der Waals surface area contributed by atoms with E-state index < -0.39 is 4.92 Å². The fraction of sp³-hybridized carbons (Fsp3) is 0.217. The molecule has 0 radical (unpaired) electrons. The van der Waals surface area contributed by atoms with Gasteiger partial charge in [-0.15, -0.1) is 0 Å². The van der Waals surface area contributed by atoms with Crippen LogP contribution in [0.5, 0.6) is 0 Å². The number of aromatic nitrogens is 5. The van der Waals surface area contributed by atoms with Crippen molar-refractivity contribution < 1.29 is 4.92 Å². The van der Waals surface area contributed by atoms with Gasteiger partial charge in [-0.2, -0.15) is 0 Å². The SMILES string of the molecule is CC[C@H](C)n1c(C)nc2c(c1=O)c1nc3ccccc3nc1n2-c1ccc(Cl)c([N+](=O)[O-])c1. The van der Waals surface area contributed by atoms with Gasteiger partial charge in [-0.1, -0.05) is 30.7 Å². The van der Waals surface area contributed by atoms with Crippen LogP contribution in [0.4, 0.5) is 5.69 Å². The zero-order chi connectivity index (χ0) is 23.4. The van der Waals surface area contributed by atoms with Gasteiger partial charge in [0, 0.05) is 12.1 Å². The van der Waals surface area contributed by atoms with Crippen molar-refractivity contribution in [1.82, 2.24) is 24.1 Å². The van der Waals surface area contributed by atoms with E-state index in [-0.39, 0.29) is 22.3 Å². The van der Waals surface area contributed by atoms with Crippen molar-refractivity contribution in [2.45, 2.75) is 33.2 Å². The number of nitrogens with zero attached hydrogens (tertiary/aromatic N) is 6. The molecular formula is C23H19ClN6O3. The van der Waals surface area contributed by atoms with E-state index in [4.69, 9.17) is 26.6 Å². The smallest absolute Gasteiger partial charge is 0.289 e. The summed E-state index contributed by atoms with van der Waals surface area (Å²) in [5.41, 5.74) is 2.37. The Kier molecular flexibility index (Phi) is 4.86. The zero-order valence-corrected chi connectivity index (χ0v) is 18.9. The molecule has 0 fully saturated rings. The number of hydrogen-bond donors (Lipinski definition) is 0. The fourth-order valence-corrected chi connectivity index (χ4v) is 4.32. The normalized spacial score (nSPS) is 12.6. The molecule has 33 heavy (non-hydrogen) atoms. The molecule has 9 nitrogen and oxygen atoms in total. The summed E-state index contributed by atoms with van der Waals surface area (Å²) in [5.74, 6) is 0.541. The van der Waals surface area contributed by atoms with Crippen LogP contribution in [0.2, 0.25) is 5.02 Å². The Bertz CT molecular complexity index is 1660. The summed E-state index contributed by atoms with van der Waals surface area (Å²) >= 11 is 6.04. The Morgan fingerprint density at radius 1 is 1.09 bits per heavy atom. The molecule has 0 spiro atoms. The van der Waals surface area contributed by atoms with E-state index in [1.165, 1.54) is 12.1 Å². The maximum absolute atomic E-state index is 13.7. The van der Waals surface area contributed by atoms with E-state index in [2.05, 4.69) is 0 Å². The van der Waals surface area contributed by atoms with Gasteiger partial charge in [-0.05, 0) is 44.5 Å². The van der Waals surface area contributed by atoms with Crippen LogP contribution in [0.25, 0.3) is 38.9 Å². The minimum absolute atomic E-state index is 0.0179. The van der Waals surface area contributed by atoms with Crippen molar-refractivity contribution in [1.29, 1.82) is 0 Å². The van der Waals surface area contributed by atoms with Gasteiger partial charge >= 0.3 is 0 Å². The van der Waals surface area contributed by atoms with Crippen molar-refractivity contribution in [3.63, 3.8) is 0 Å². The molecule has 0 saturated carbocycles. The number of nitro benzene ring substituents is 1. The van der Waals surface area contributed by atoms with Crippen LogP contribution in [-0.2, 0) is 0 Å². The van der Waals surface area contributed by atoms with Crippen LogP contribution < -0.4 is 5.56 Å². The molecule has 0 aliphatic heterocycles. The molecule has 0 N–H and O–H groups in total. The van der Waals surface area contributed by atoms with Gasteiger partial charge in [0.15, 0.2) is 11.3 Å². The highest BCUT2D eigenvalue weighted by Gasteiger charge is 2.24. The van der Waals surface area contributed by atoms with Gasteiger partial charge in [0.2, 0.25) is 0 Å². The minimum Gasteiger partial charge on any atom is -0.293 e. The van der Waals surface area contributed by atoms with Gasteiger partial charge < -0.3 is 0 Å². The Labute approximate surface area is 192 Å². The molecule has 2 aromatic carbocycles. The Balaban J connectivity index is 2.00. The molecule has 3 aromatic heterocycles. The number of halogens is 1. The van der Waals surface area contributed by atoms with Crippen molar-refractivity contribution in [3.05, 3.63) is 73.8 Å². The summed E-state index contributed by atoms with van der Waals surface area (Å²) in [6.45, 7) is 5.74. The standard InChI is InChI=1S/C23H19ClN6O3/c1-4-12(2)28-13(3)25-21-19(23(28)31)20-22(27-17-8-6-5-7-16(17)26-20)29(21)14-9-10-15(24)18(11-14)30(32)33/h5-12H,4H2,1-3H3/t12-/m0/s1. The molecular weight excluding hydrogens is 444 g/mol. The van der Waals surface area contributed by atoms with Gasteiger partial charge in [0.25, 0.3) is 11.2 Å². The van der Waals surface area contributed by atoms with Gasteiger partial charge in [0.1, 0.15) is 21.7 Å². The third-order valence-corrected chi connectivity index (χ3v) is 6.22. The summed E-state index contributed by atoms with van der Waals surface area (Å²) in [7, 11) is 0. The van der Waals surface area contributed by atoms with Crippen LogP contribution in [0.15, 0.2) is 47.3 Å². The molecule has 0 aliphatic rings. The lowest BCUT2D eigenvalue weighted by molar-refractivity contribution is -0.384. The first kappa shape index (κ1) is 21.0. The molecule has 5 rings (SSSR count). The molecule has 0 aliphatic carbocycles. The van der Waals surface area contributed by atoms with Crippen molar-refractivity contribution in [2.24, 2.45) is 0 Å². The van der Waals surface area contributed by atoms with Crippen LogP contribution in [0.3, 0.4) is 0 Å². The average molecular weight is 463 g/mol. The quantitative estimate of drug-likeness (QED) is 0.270. The lowest BCUT2D eigenvalue weighted by atomic mass is 10.2. The first-order valence-corrected chi connectivity index (χ1v) is 10.8. The Morgan fingerprint density at radius 2 is 1.79 bits per heavy atom. The highest BCUT2D eigenvalue weighted by Crippen LogP contribution is 2.32. The molecule has 166 valence electrons. The van der Waals surface area contributed by atoms with Crippen molar-refractivity contribution in [3.8, 4) is 5.69 Å². The first-order chi connectivity index (χ1) is 15.8. The number of rotatable bonds is 4. The minimum atomic E-state index is -0.546. The number of nitro groups is 1. The van der Waals surface area contributed by atoms with Crippen LogP contribution in [-0.4, -0.2) is 29.0 Å². The van der Waals surface area contributed by atoms with E-state index in [0.29, 0.717) is 44.7 Å². The van der Waals surface area contributed by atoms with E-state index in [9.17, 15) is 14.9 Å². The van der Waals surface area contributed by atoms with E-state index in [1.807, 2.05) is 38.1 Å². The summed E-state index contributed by atoms with van der Waals surface area (Å²) in [5, 5.41) is 11.9. The second kappa shape index (κ2) is 7.63. The summed E-state index contributed by atoms with van der Waals surface area (Å²) in [6, 6.07) is 11.7. The lowest BCUT2D eigenvalue weighted by Crippen LogP contribution is -2.26. The summed E-state index contributed by atoms with van der Waals surface area (Å²) < 4.78 is 3.30. The second-order valence-electron chi connectivity index (χ2n) is 7.90. The molecule has 5 aromatic rings. The predicted molar refractivity (Wildman–Crippen MR) is 127 cm³/mol. The van der Waals surface area contributed by atoms with Crippen molar-refractivity contribution in [2.75, 3.05) is 0 Å². The number of benzene rings is 2. The van der Waals surface area contributed by atoms with Gasteiger partial charge in [-0.25, -0.2) is 15.0 Å². The van der Waals surface area contributed by atoms with Gasteiger partial charge in [0.05, 0.1) is 21.6 Å². The lowest BCUT2D eigenvalue weighted by Gasteiger charge is -2.16. The number of hydrogen-bond acceptors (Lipinski definition) is 6. The van der Waals surface area contributed by atoms with Crippen LogP contribution >= 0.6 is 11.6 Å². The molecule has 1 atom stereocenters. The van der Waals surface area contributed by atoms with Crippen molar-refractivity contribution >= 4 is 50.5 Å². The number of para-hydroxylation sites is 2. The molecule has 0 saturated heterocycles. The predicted octanol–water partition coefficient (Wildman–Crippen LogP) is 5.12. The highest BCUT2D eigenvalue weighted by atomic mass is 35.5. The first-order valence-electron chi connectivity index (χ1n) is 10.5. The number of fused-ring (bicyclic) bond motifs is 4. The van der Waals surface area contributed by atoms with Crippen LogP contribution in [0, 0.1) is 17.0 Å². The monoisotopic (exact) mass is 462 g/mol. The highest BCUT2D eigenvalue weighted by molar-refractivity contribution is 6.32.